The first-order chi connectivity index (χ1) is 16.6. The average molecular weight is 451 g/mol. The topological polar surface area (TPSA) is 112 Å². The third-order valence-corrected chi connectivity index (χ3v) is 5.11. The van der Waals surface area contributed by atoms with Gasteiger partial charge in [0.1, 0.15) is 11.6 Å². The number of hydrazone groups is 1. The van der Waals surface area contributed by atoms with E-state index in [1.807, 2.05) is 66.7 Å². The lowest BCUT2D eigenvalue weighted by molar-refractivity contribution is 0.355. The maximum Gasteiger partial charge on any atom is 0.270 e. The van der Waals surface area contributed by atoms with Crippen molar-refractivity contribution in [1.29, 1.82) is 5.26 Å². The lowest BCUT2D eigenvalue weighted by atomic mass is 10.00. The minimum Gasteiger partial charge on any atom is -0.493 e. The number of rotatable bonds is 7. The molecular weight excluding hydrogens is 430 g/mol. The number of nitriles is 1. The molecule has 1 aromatic heterocycles. The molecule has 0 fully saturated rings. The Balaban J connectivity index is 1.64. The number of hydrogen-bond donors (Lipinski definition) is 2. The molecule has 1 heterocycles. The van der Waals surface area contributed by atoms with Crippen molar-refractivity contribution in [2.75, 3.05) is 19.6 Å². The summed E-state index contributed by atoms with van der Waals surface area (Å²) in [6.07, 6.45) is 1.63. The van der Waals surface area contributed by atoms with E-state index in [0.29, 0.717) is 17.1 Å². The van der Waals surface area contributed by atoms with Crippen LogP contribution >= 0.6 is 0 Å². The third kappa shape index (κ3) is 4.64. The molecule has 0 atom stereocenters. The van der Waals surface area contributed by atoms with Gasteiger partial charge < -0.3 is 9.47 Å². The van der Waals surface area contributed by atoms with Crippen LogP contribution in [0.5, 0.6) is 11.5 Å². The highest BCUT2D eigenvalue weighted by molar-refractivity contribution is 5.91. The van der Waals surface area contributed by atoms with Gasteiger partial charge in [-0.2, -0.15) is 10.4 Å². The number of anilines is 1. The monoisotopic (exact) mass is 451 g/mol. The molecule has 4 rings (SSSR count). The number of H-pyrrole nitrogens is 1. The van der Waals surface area contributed by atoms with E-state index in [1.165, 1.54) is 0 Å². The molecule has 0 aliphatic rings. The summed E-state index contributed by atoms with van der Waals surface area (Å²) in [5.41, 5.74) is 5.81. The fourth-order valence-corrected chi connectivity index (χ4v) is 3.47. The molecule has 0 aliphatic carbocycles. The number of hydrogen-bond acceptors (Lipinski definition) is 7. The van der Waals surface area contributed by atoms with E-state index in [9.17, 15) is 10.1 Å². The van der Waals surface area contributed by atoms with Crippen LogP contribution in [-0.2, 0) is 0 Å². The van der Waals surface area contributed by atoms with E-state index < -0.39 is 5.56 Å². The maximum atomic E-state index is 12.4. The number of nitrogens with one attached hydrogen (secondary N) is 2. The minimum absolute atomic E-state index is 0.0560. The molecule has 8 nitrogen and oxygen atoms in total. The zero-order chi connectivity index (χ0) is 23.9. The Kier molecular flexibility index (Phi) is 6.65. The molecule has 3 aromatic carbocycles. The largest absolute Gasteiger partial charge is 0.493 e. The summed E-state index contributed by atoms with van der Waals surface area (Å²) in [5.74, 6) is 1.39. The molecule has 4 aromatic rings. The molecule has 0 spiro atoms. The van der Waals surface area contributed by atoms with Gasteiger partial charge in [-0.1, -0.05) is 60.7 Å². The summed E-state index contributed by atoms with van der Waals surface area (Å²) in [4.78, 5) is 19.4. The van der Waals surface area contributed by atoms with Gasteiger partial charge in [0.15, 0.2) is 11.5 Å². The van der Waals surface area contributed by atoms with Gasteiger partial charge in [-0.15, -0.1) is 0 Å². The standard InChI is InChI=1S/C26H21N5O3/c1-33-22-13-12-18(14-23(22)34-2)20-11-7-6-10-19(20)16-28-31-26-29-24(17-8-4-3-5-9-17)21(15-27)25(32)30-26/h3-14,16H,1-2H3,(H2,29,30,31,32). The molecule has 0 radical (unpaired) electrons. The summed E-state index contributed by atoms with van der Waals surface area (Å²) in [7, 11) is 3.18. The van der Waals surface area contributed by atoms with E-state index >= 15 is 0 Å². The van der Waals surface area contributed by atoms with Crippen LogP contribution in [0.4, 0.5) is 5.95 Å². The molecular formula is C26H21N5O3. The van der Waals surface area contributed by atoms with Crippen LogP contribution in [0, 0.1) is 11.3 Å². The van der Waals surface area contributed by atoms with Gasteiger partial charge in [-0.3, -0.25) is 9.78 Å². The summed E-state index contributed by atoms with van der Waals surface area (Å²) >= 11 is 0. The van der Waals surface area contributed by atoms with E-state index in [1.54, 1.807) is 32.6 Å². The number of benzene rings is 3. The molecule has 2 N–H and O–H groups in total. The van der Waals surface area contributed by atoms with E-state index in [0.717, 1.165) is 16.7 Å². The molecule has 0 unspecified atom stereocenters. The highest BCUT2D eigenvalue weighted by atomic mass is 16.5. The Morgan fingerprint density at radius 1 is 0.971 bits per heavy atom. The van der Waals surface area contributed by atoms with Crippen molar-refractivity contribution in [2.45, 2.75) is 0 Å². The smallest absolute Gasteiger partial charge is 0.270 e. The summed E-state index contributed by atoms with van der Waals surface area (Å²) < 4.78 is 10.7. The number of aromatic amines is 1. The van der Waals surface area contributed by atoms with Gasteiger partial charge in [0.2, 0.25) is 5.95 Å². The fraction of sp³-hybridized carbons (Fsp3) is 0.0769. The van der Waals surface area contributed by atoms with Crippen molar-refractivity contribution in [1.82, 2.24) is 9.97 Å². The fourth-order valence-electron chi connectivity index (χ4n) is 3.47. The van der Waals surface area contributed by atoms with Crippen LogP contribution < -0.4 is 20.5 Å². The average Bonchev–Trinajstić information content (AvgIpc) is 2.88. The second-order valence-electron chi connectivity index (χ2n) is 7.14. The lowest BCUT2D eigenvalue weighted by Crippen LogP contribution is -2.16. The van der Waals surface area contributed by atoms with Crippen molar-refractivity contribution in [3.63, 3.8) is 0 Å². The van der Waals surface area contributed by atoms with Gasteiger partial charge in [-0.05, 0) is 23.3 Å². The summed E-state index contributed by atoms with van der Waals surface area (Å²) in [6, 6.07) is 24.4. The predicted octanol–water partition coefficient (Wildman–Crippen LogP) is 4.44. The van der Waals surface area contributed by atoms with Gasteiger partial charge in [0, 0.05) is 11.1 Å². The normalized spacial score (nSPS) is 10.6. The minimum atomic E-state index is -0.542. The second kappa shape index (κ2) is 10.1. The molecule has 0 saturated carbocycles. The van der Waals surface area contributed by atoms with Crippen LogP contribution in [-0.4, -0.2) is 30.4 Å². The van der Waals surface area contributed by atoms with Crippen molar-refractivity contribution >= 4 is 12.2 Å². The molecule has 34 heavy (non-hydrogen) atoms. The number of methoxy groups -OCH3 is 2. The van der Waals surface area contributed by atoms with Crippen LogP contribution in [0.25, 0.3) is 22.4 Å². The number of nitrogens with zero attached hydrogens (tertiary/aromatic N) is 3. The Hall–Kier alpha value is -4.90. The van der Waals surface area contributed by atoms with E-state index in [-0.39, 0.29) is 17.2 Å². The second-order valence-corrected chi connectivity index (χ2v) is 7.14. The van der Waals surface area contributed by atoms with E-state index in [2.05, 4.69) is 20.5 Å². The number of aromatic nitrogens is 2. The van der Waals surface area contributed by atoms with Crippen LogP contribution in [0.1, 0.15) is 11.1 Å². The maximum absolute atomic E-state index is 12.4. The van der Waals surface area contributed by atoms with Crippen LogP contribution in [0.3, 0.4) is 0 Å². The lowest BCUT2D eigenvalue weighted by Gasteiger charge is -2.11. The van der Waals surface area contributed by atoms with Crippen molar-refractivity contribution in [2.24, 2.45) is 5.10 Å². The van der Waals surface area contributed by atoms with Crippen molar-refractivity contribution in [3.05, 3.63) is 94.3 Å². The molecule has 0 saturated heterocycles. The van der Waals surface area contributed by atoms with Crippen LogP contribution in [0.15, 0.2) is 82.7 Å². The first-order valence-corrected chi connectivity index (χ1v) is 10.3. The zero-order valence-electron chi connectivity index (χ0n) is 18.6. The first kappa shape index (κ1) is 22.3. The van der Waals surface area contributed by atoms with Crippen LogP contribution in [0.2, 0.25) is 0 Å². The third-order valence-electron chi connectivity index (χ3n) is 5.11. The highest BCUT2D eigenvalue weighted by Gasteiger charge is 2.13. The summed E-state index contributed by atoms with van der Waals surface area (Å²) in [6.45, 7) is 0. The van der Waals surface area contributed by atoms with Gasteiger partial charge >= 0.3 is 0 Å². The predicted molar refractivity (Wildman–Crippen MR) is 131 cm³/mol. The van der Waals surface area contributed by atoms with Gasteiger partial charge in [0.05, 0.1) is 26.1 Å². The number of ether oxygens (including phenoxy) is 2. The van der Waals surface area contributed by atoms with Gasteiger partial charge in [-0.25, -0.2) is 10.4 Å². The Morgan fingerprint density at radius 2 is 1.71 bits per heavy atom. The Morgan fingerprint density at radius 3 is 2.44 bits per heavy atom. The Bertz CT molecular complexity index is 1440. The molecule has 0 bridgehead atoms. The molecule has 8 heteroatoms. The Labute approximate surface area is 196 Å². The first-order valence-electron chi connectivity index (χ1n) is 10.3. The molecule has 0 amide bonds. The van der Waals surface area contributed by atoms with Crippen molar-refractivity contribution < 1.29 is 9.47 Å². The molecule has 168 valence electrons. The SMILES string of the molecule is COc1ccc(-c2ccccc2C=NNc2nc(-c3ccccc3)c(C#N)c(=O)[nH]2)cc1OC. The van der Waals surface area contributed by atoms with E-state index in [4.69, 9.17) is 9.47 Å². The van der Waals surface area contributed by atoms with Crippen molar-refractivity contribution in [3.8, 4) is 40.0 Å². The zero-order valence-corrected chi connectivity index (χ0v) is 18.6. The highest BCUT2D eigenvalue weighted by Crippen LogP contribution is 2.33. The quantitative estimate of drug-likeness (QED) is 0.317. The summed E-state index contributed by atoms with van der Waals surface area (Å²) in [5, 5.41) is 13.7. The molecule has 0 aliphatic heterocycles. The van der Waals surface area contributed by atoms with Gasteiger partial charge in [0.25, 0.3) is 5.56 Å².